The highest BCUT2D eigenvalue weighted by Crippen LogP contribution is 2.38. The van der Waals surface area contributed by atoms with Gasteiger partial charge in [-0.1, -0.05) is 12.1 Å². The Bertz CT molecular complexity index is 1010. The zero-order valence-electron chi connectivity index (χ0n) is 17.9. The van der Waals surface area contributed by atoms with Crippen LogP contribution in [0.5, 0.6) is 17.2 Å². The van der Waals surface area contributed by atoms with E-state index in [2.05, 4.69) is 4.98 Å². The molecule has 7 nitrogen and oxygen atoms in total. The number of nitrogens with zero attached hydrogens (tertiary/aromatic N) is 2. The number of hydrogen-bond donors (Lipinski definition) is 1. The standard InChI is InChI=1S/C24H26N2O5/c1-29-21-12-17(13-22(30-2)23(21)31-3)7-11-20-15-25-14-19(26-20)10-6-16-4-8-18(9-5-16)24(27)28/h4-5,8-9,12-15H,6-7,10-11H2,1-3H3,(H,27,28). The molecule has 0 bridgehead atoms. The smallest absolute Gasteiger partial charge is 0.335 e. The summed E-state index contributed by atoms with van der Waals surface area (Å²) in [4.78, 5) is 20.0. The van der Waals surface area contributed by atoms with Crippen molar-refractivity contribution in [3.8, 4) is 17.2 Å². The van der Waals surface area contributed by atoms with Gasteiger partial charge in [-0.15, -0.1) is 0 Å². The highest BCUT2D eigenvalue weighted by atomic mass is 16.5. The average Bonchev–Trinajstić information content (AvgIpc) is 2.81. The molecule has 0 atom stereocenters. The maximum absolute atomic E-state index is 11.0. The van der Waals surface area contributed by atoms with E-state index in [1.165, 1.54) is 0 Å². The molecule has 3 rings (SSSR count). The summed E-state index contributed by atoms with van der Waals surface area (Å²) < 4.78 is 16.2. The normalized spacial score (nSPS) is 10.5. The Morgan fingerprint density at radius 1 is 0.806 bits per heavy atom. The third-order valence-electron chi connectivity index (χ3n) is 5.00. The largest absolute Gasteiger partial charge is 0.493 e. The molecule has 0 saturated heterocycles. The van der Waals surface area contributed by atoms with Crippen molar-refractivity contribution in [1.29, 1.82) is 0 Å². The number of rotatable bonds is 10. The van der Waals surface area contributed by atoms with Crippen LogP contribution in [0.1, 0.15) is 32.9 Å². The Labute approximate surface area is 181 Å². The van der Waals surface area contributed by atoms with Crippen LogP contribution < -0.4 is 14.2 Å². The van der Waals surface area contributed by atoms with Crippen LogP contribution in [0.2, 0.25) is 0 Å². The maximum atomic E-state index is 11.0. The number of aryl methyl sites for hydroxylation is 4. The van der Waals surface area contributed by atoms with Gasteiger partial charge in [-0.05, 0) is 61.1 Å². The van der Waals surface area contributed by atoms with Crippen LogP contribution in [0.25, 0.3) is 0 Å². The Morgan fingerprint density at radius 3 is 1.84 bits per heavy atom. The number of benzene rings is 2. The van der Waals surface area contributed by atoms with Crippen LogP contribution in [0.4, 0.5) is 0 Å². The molecular formula is C24H26N2O5. The maximum Gasteiger partial charge on any atom is 0.335 e. The van der Waals surface area contributed by atoms with Crippen molar-refractivity contribution in [2.24, 2.45) is 0 Å². The second-order valence-electron chi connectivity index (χ2n) is 7.04. The lowest BCUT2D eigenvalue weighted by molar-refractivity contribution is 0.0697. The molecule has 1 aromatic heterocycles. The van der Waals surface area contributed by atoms with Crippen molar-refractivity contribution in [3.63, 3.8) is 0 Å². The van der Waals surface area contributed by atoms with Gasteiger partial charge >= 0.3 is 5.97 Å². The third-order valence-corrected chi connectivity index (χ3v) is 5.00. The highest BCUT2D eigenvalue weighted by molar-refractivity contribution is 5.87. The predicted molar refractivity (Wildman–Crippen MR) is 116 cm³/mol. The molecule has 0 amide bonds. The van der Waals surface area contributed by atoms with Gasteiger partial charge in [0.2, 0.25) is 5.75 Å². The van der Waals surface area contributed by atoms with Crippen molar-refractivity contribution >= 4 is 5.97 Å². The topological polar surface area (TPSA) is 90.8 Å². The zero-order valence-corrected chi connectivity index (χ0v) is 17.9. The summed E-state index contributed by atoms with van der Waals surface area (Å²) in [6.45, 7) is 0. The van der Waals surface area contributed by atoms with E-state index in [1.54, 1.807) is 45.9 Å². The molecule has 0 saturated carbocycles. The number of hydrogen-bond acceptors (Lipinski definition) is 6. The summed E-state index contributed by atoms with van der Waals surface area (Å²) in [6, 6.07) is 10.8. The molecule has 31 heavy (non-hydrogen) atoms. The summed E-state index contributed by atoms with van der Waals surface area (Å²) in [5, 5.41) is 8.99. The van der Waals surface area contributed by atoms with E-state index in [1.807, 2.05) is 24.3 Å². The van der Waals surface area contributed by atoms with Crippen molar-refractivity contribution in [3.05, 3.63) is 76.9 Å². The summed E-state index contributed by atoms with van der Waals surface area (Å²) >= 11 is 0. The molecule has 1 heterocycles. The number of aromatic carboxylic acids is 1. The van der Waals surface area contributed by atoms with Gasteiger partial charge < -0.3 is 19.3 Å². The van der Waals surface area contributed by atoms with Crippen molar-refractivity contribution in [1.82, 2.24) is 9.97 Å². The van der Waals surface area contributed by atoms with Crippen LogP contribution >= 0.6 is 0 Å². The number of aromatic nitrogens is 2. The Kier molecular flexibility index (Phi) is 7.43. The summed E-state index contributed by atoms with van der Waals surface area (Å²) in [7, 11) is 4.79. The number of carbonyl (C=O) groups is 1. The van der Waals surface area contributed by atoms with Gasteiger partial charge in [-0.25, -0.2) is 4.79 Å². The van der Waals surface area contributed by atoms with E-state index in [0.29, 0.717) is 17.2 Å². The fourth-order valence-corrected chi connectivity index (χ4v) is 3.33. The van der Waals surface area contributed by atoms with Gasteiger partial charge in [0, 0.05) is 12.4 Å². The number of methoxy groups -OCH3 is 3. The minimum Gasteiger partial charge on any atom is -0.493 e. The number of ether oxygens (including phenoxy) is 3. The van der Waals surface area contributed by atoms with E-state index in [0.717, 1.165) is 48.2 Å². The predicted octanol–water partition coefficient (Wildman–Crippen LogP) is 3.77. The van der Waals surface area contributed by atoms with E-state index >= 15 is 0 Å². The molecule has 0 spiro atoms. The molecule has 0 fully saturated rings. The first-order valence-electron chi connectivity index (χ1n) is 9.95. The summed E-state index contributed by atoms with van der Waals surface area (Å²) in [5.41, 5.74) is 4.23. The summed E-state index contributed by atoms with van der Waals surface area (Å²) in [5.74, 6) is 0.917. The summed E-state index contributed by atoms with van der Waals surface area (Å²) in [6.07, 6.45) is 6.54. The van der Waals surface area contributed by atoms with Gasteiger partial charge in [-0.3, -0.25) is 9.97 Å². The van der Waals surface area contributed by atoms with Crippen molar-refractivity contribution in [2.45, 2.75) is 25.7 Å². The minimum absolute atomic E-state index is 0.289. The van der Waals surface area contributed by atoms with Crippen LogP contribution in [0.3, 0.4) is 0 Å². The molecule has 0 radical (unpaired) electrons. The van der Waals surface area contributed by atoms with Crippen molar-refractivity contribution in [2.75, 3.05) is 21.3 Å². The zero-order chi connectivity index (χ0) is 22.2. The lowest BCUT2D eigenvalue weighted by atomic mass is 10.1. The Balaban J connectivity index is 1.63. The first kappa shape index (κ1) is 22.1. The first-order valence-corrected chi connectivity index (χ1v) is 9.95. The second-order valence-corrected chi connectivity index (χ2v) is 7.04. The molecule has 162 valence electrons. The fourth-order valence-electron chi connectivity index (χ4n) is 3.33. The van der Waals surface area contributed by atoms with E-state index < -0.39 is 5.97 Å². The molecule has 7 heteroatoms. The van der Waals surface area contributed by atoms with Gasteiger partial charge in [-0.2, -0.15) is 0 Å². The van der Waals surface area contributed by atoms with Gasteiger partial charge in [0.15, 0.2) is 11.5 Å². The number of carboxylic acid groups (broad SMARTS) is 1. The van der Waals surface area contributed by atoms with Gasteiger partial charge in [0.25, 0.3) is 0 Å². The SMILES string of the molecule is COc1cc(CCc2cncc(CCc3ccc(C(=O)O)cc3)n2)cc(OC)c1OC. The van der Waals surface area contributed by atoms with Crippen molar-refractivity contribution < 1.29 is 24.1 Å². The second kappa shape index (κ2) is 10.4. The fraction of sp³-hybridized carbons (Fsp3) is 0.292. The van der Waals surface area contributed by atoms with Crippen LogP contribution in [0.15, 0.2) is 48.8 Å². The molecule has 0 aliphatic carbocycles. The molecule has 2 aromatic carbocycles. The number of carboxylic acids is 1. The Morgan fingerprint density at radius 2 is 1.35 bits per heavy atom. The molecule has 0 aliphatic rings. The average molecular weight is 422 g/mol. The third kappa shape index (κ3) is 5.72. The Hall–Kier alpha value is -3.61. The minimum atomic E-state index is -0.919. The molecule has 1 N–H and O–H groups in total. The van der Waals surface area contributed by atoms with Crippen LogP contribution in [-0.2, 0) is 25.7 Å². The lowest BCUT2D eigenvalue weighted by Gasteiger charge is -2.14. The van der Waals surface area contributed by atoms with E-state index in [9.17, 15) is 4.79 Å². The molecule has 3 aromatic rings. The van der Waals surface area contributed by atoms with Gasteiger partial charge in [0.05, 0.1) is 38.3 Å². The highest BCUT2D eigenvalue weighted by Gasteiger charge is 2.13. The van der Waals surface area contributed by atoms with Crippen LogP contribution in [-0.4, -0.2) is 42.4 Å². The quantitative estimate of drug-likeness (QED) is 0.532. The lowest BCUT2D eigenvalue weighted by Crippen LogP contribution is -2.02. The monoisotopic (exact) mass is 422 g/mol. The molecule has 0 unspecified atom stereocenters. The van der Waals surface area contributed by atoms with Gasteiger partial charge in [0.1, 0.15) is 0 Å². The van der Waals surface area contributed by atoms with E-state index in [4.69, 9.17) is 24.3 Å². The van der Waals surface area contributed by atoms with Crippen LogP contribution in [0, 0.1) is 0 Å². The molecular weight excluding hydrogens is 396 g/mol. The first-order chi connectivity index (χ1) is 15.0. The van der Waals surface area contributed by atoms with E-state index in [-0.39, 0.29) is 5.56 Å². The molecule has 0 aliphatic heterocycles.